The molecule has 2 atom stereocenters. The van der Waals surface area contributed by atoms with Gasteiger partial charge in [0.05, 0.1) is 0 Å². The summed E-state index contributed by atoms with van der Waals surface area (Å²) in [6.45, 7) is 3.07. The Kier molecular flexibility index (Phi) is 3.92. The number of nitrogens with zero attached hydrogens (tertiary/aromatic N) is 1. The maximum Gasteiger partial charge on any atom is 0.149 e. The van der Waals surface area contributed by atoms with E-state index in [1.54, 1.807) is 0 Å². The van der Waals surface area contributed by atoms with Gasteiger partial charge in [-0.25, -0.2) is 8.78 Å². The van der Waals surface area contributed by atoms with Crippen LogP contribution in [0.5, 0.6) is 0 Å². The number of halogens is 2. The van der Waals surface area contributed by atoms with Gasteiger partial charge in [-0.3, -0.25) is 0 Å². The molecule has 0 amide bonds. The van der Waals surface area contributed by atoms with Gasteiger partial charge in [-0.1, -0.05) is 13.0 Å². The summed E-state index contributed by atoms with van der Waals surface area (Å²) in [5.41, 5.74) is 0.192. The van der Waals surface area contributed by atoms with Crippen LogP contribution >= 0.6 is 0 Å². The molecule has 0 radical (unpaired) electrons. The molecular weight excluding hydrogens is 258 g/mol. The highest BCUT2D eigenvalue weighted by atomic mass is 19.1. The fourth-order valence-corrected chi connectivity index (χ4v) is 3.94. The van der Waals surface area contributed by atoms with Gasteiger partial charge in [0.2, 0.25) is 0 Å². The van der Waals surface area contributed by atoms with Crippen LogP contribution in [0.4, 0.5) is 14.5 Å². The molecule has 0 aliphatic carbocycles. The fourth-order valence-electron chi connectivity index (χ4n) is 3.94. The highest BCUT2D eigenvalue weighted by Crippen LogP contribution is 2.39. The van der Waals surface area contributed by atoms with Crippen molar-refractivity contribution in [2.75, 3.05) is 11.4 Å². The molecule has 0 aromatic heterocycles. The predicted octanol–water partition coefficient (Wildman–Crippen LogP) is 3.46. The van der Waals surface area contributed by atoms with Gasteiger partial charge in [-0.15, -0.1) is 0 Å². The Labute approximate surface area is 119 Å². The molecule has 1 aromatic rings. The first-order valence-corrected chi connectivity index (χ1v) is 7.66. The van der Waals surface area contributed by atoms with Crippen LogP contribution < -0.4 is 10.2 Å². The summed E-state index contributed by atoms with van der Waals surface area (Å²) < 4.78 is 28.2. The predicted molar refractivity (Wildman–Crippen MR) is 77.0 cm³/mol. The first-order chi connectivity index (χ1) is 9.70. The number of hydrogen-bond acceptors (Lipinski definition) is 2. The molecule has 20 heavy (non-hydrogen) atoms. The average Bonchev–Trinajstić information content (AvgIpc) is 2.39. The lowest BCUT2D eigenvalue weighted by Crippen LogP contribution is -2.57. The van der Waals surface area contributed by atoms with E-state index < -0.39 is 11.6 Å². The summed E-state index contributed by atoms with van der Waals surface area (Å²) in [6, 6.07) is 5.18. The lowest BCUT2D eigenvalue weighted by atomic mass is 9.81. The second-order valence-electron chi connectivity index (χ2n) is 5.94. The average molecular weight is 280 g/mol. The SMILES string of the molecule is CCNC1CC2CCCC(C1)N2c1c(F)cccc1F. The Hall–Kier alpha value is -1.16. The smallest absolute Gasteiger partial charge is 0.149 e. The van der Waals surface area contributed by atoms with Crippen LogP contribution in [0, 0.1) is 11.6 Å². The van der Waals surface area contributed by atoms with Gasteiger partial charge < -0.3 is 10.2 Å². The standard InChI is InChI=1S/C16H22F2N2/c1-2-19-11-9-12-5-3-6-13(10-11)20(12)16-14(17)7-4-8-15(16)18/h4,7-8,11-13,19H,2-3,5-6,9-10H2,1H3. The third kappa shape index (κ3) is 2.41. The van der Waals surface area contributed by atoms with Crippen LogP contribution in [0.25, 0.3) is 0 Å². The molecule has 2 aliphatic heterocycles. The molecule has 110 valence electrons. The van der Waals surface area contributed by atoms with Crippen LogP contribution in [0.2, 0.25) is 0 Å². The molecular formula is C16H22F2N2. The summed E-state index contributed by atoms with van der Waals surface area (Å²) in [5, 5.41) is 3.50. The van der Waals surface area contributed by atoms with Crippen molar-refractivity contribution in [2.24, 2.45) is 0 Å². The number of rotatable bonds is 3. The molecule has 2 heterocycles. The number of piperidine rings is 2. The second-order valence-corrected chi connectivity index (χ2v) is 5.94. The number of anilines is 1. The van der Waals surface area contributed by atoms with Gasteiger partial charge >= 0.3 is 0 Å². The summed E-state index contributed by atoms with van der Waals surface area (Å²) >= 11 is 0. The van der Waals surface area contributed by atoms with E-state index in [9.17, 15) is 8.78 Å². The number of para-hydroxylation sites is 1. The number of nitrogens with one attached hydrogen (secondary N) is 1. The fraction of sp³-hybridized carbons (Fsp3) is 0.625. The third-order valence-electron chi connectivity index (χ3n) is 4.66. The first kappa shape index (κ1) is 13.8. The van der Waals surface area contributed by atoms with Crippen LogP contribution in [0.3, 0.4) is 0 Å². The third-order valence-corrected chi connectivity index (χ3v) is 4.66. The van der Waals surface area contributed by atoms with E-state index in [0.29, 0.717) is 6.04 Å². The minimum atomic E-state index is -0.427. The Balaban J connectivity index is 1.90. The molecule has 1 N–H and O–H groups in total. The van der Waals surface area contributed by atoms with E-state index in [2.05, 4.69) is 12.2 Å². The summed E-state index contributed by atoms with van der Waals surface area (Å²) in [5.74, 6) is -0.854. The van der Waals surface area contributed by atoms with Gasteiger partial charge in [-0.05, 0) is 50.8 Å². The van der Waals surface area contributed by atoms with Gasteiger partial charge in [0.15, 0.2) is 0 Å². The van der Waals surface area contributed by atoms with Gasteiger partial charge in [0.25, 0.3) is 0 Å². The molecule has 2 fully saturated rings. The summed E-state index contributed by atoms with van der Waals surface area (Å²) in [6.07, 6.45) is 5.20. The normalized spacial score (nSPS) is 29.6. The zero-order valence-electron chi connectivity index (χ0n) is 11.9. The number of benzene rings is 1. The Morgan fingerprint density at radius 1 is 1.15 bits per heavy atom. The van der Waals surface area contributed by atoms with Crippen molar-refractivity contribution < 1.29 is 8.78 Å². The Morgan fingerprint density at radius 2 is 1.75 bits per heavy atom. The molecule has 2 aliphatic rings. The quantitative estimate of drug-likeness (QED) is 0.912. The van der Waals surface area contributed by atoms with Crippen LogP contribution in [0.1, 0.15) is 39.0 Å². The van der Waals surface area contributed by atoms with Crippen molar-refractivity contribution in [3.63, 3.8) is 0 Å². The molecule has 0 spiro atoms. The van der Waals surface area contributed by atoms with Crippen molar-refractivity contribution in [2.45, 2.75) is 57.2 Å². The van der Waals surface area contributed by atoms with Crippen LogP contribution in [-0.2, 0) is 0 Å². The minimum absolute atomic E-state index is 0.192. The van der Waals surface area contributed by atoms with Crippen molar-refractivity contribution >= 4 is 5.69 Å². The van der Waals surface area contributed by atoms with Gasteiger partial charge in [0, 0.05) is 18.1 Å². The molecule has 2 saturated heterocycles. The van der Waals surface area contributed by atoms with Crippen LogP contribution in [0.15, 0.2) is 18.2 Å². The lowest BCUT2D eigenvalue weighted by Gasteiger charge is -2.50. The van der Waals surface area contributed by atoms with E-state index >= 15 is 0 Å². The maximum absolute atomic E-state index is 14.1. The molecule has 2 nitrogen and oxygen atoms in total. The minimum Gasteiger partial charge on any atom is -0.361 e. The van der Waals surface area contributed by atoms with E-state index in [4.69, 9.17) is 0 Å². The Morgan fingerprint density at radius 3 is 2.30 bits per heavy atom. The van der Waals surface area contributed by atoms with E-state index in [0.717, 1.165) is 32.2 Å². The topological polar surface area (TPSA) is 15.3 Å². The number of fused-ring (bicyclic) bond motifs is 2. The van der Waals surface area contributed by atoms with Crippen molar-refractivity contribution in [3.8, 4) is 0 Å². The van der Waals surface area contributed by atoms with Crippen molar-refractivity contribution in [3.05, 3.63) is 29.8 Å². The van der Waals surface area contributed by atoms with Crippen molar-refractivity contribution in [1.82, 2.24) is 5.32 Å². The summed E-state index contributed by atoms with van der Waals surface area (Å²) in [4.78, 5) is 2.03. The van der Waals surface area contributed by atoms with Crippen molar-refractivity contribution in [1.29, 1.82) is 0 Å². The first-order valence-electron chi connectivity index (χ1n) is 7.66. The molecule has 4 heteroatoms. The zero-order valence-corrected chi connectivity index (χ0v) is 11.9. The maximum atomic E-state index is 14.1. The molecule has 1 aromatic carbocycles. The van der Waals surface area contributed by atoms with E-state index in [1.165, 1.54) is 24.6 Å². The molecule has 2 unspecified atom stereocenters. The molecule has 2 bridgehead atoms. The second kappa shape index (κ2) is 5.68. The van der Waals surface area contributed by atoms with Crippen LogP contribution in [-0.4, -0.2) is 24.7 Å². The van der Waals surface area contributed by atoms with E-state index in [-0.39, 0.29) is 17.8 Å². The highest BCUT2D eigenvalue weighted by Gasteiger charge is 2.40. The van der Waals surface area contributed by atoms with Gasteiger partial charge in [0.1, 0.15) is 17.3 Å². The zero-order chi connectivity index (χ0) is 14.1. The Bertz CT molecular complexity index is 443. The monoisotopic (exact) mass is 280 g/mol. The largest absolute Gasteiger partial charge is 0.361 e. The highest BCUT2D eigenvalue weighted by molar-refractivity contribution is 5.52. The lowest BCUT2D eigenvalue weighted by molar-refractivity contribution is 0.244. The molecule has 3 rings (SSSR count). The summed E-state index contributed by atoms with van der Waals surface area (Å²) in [7, 11) is 0. The van der Waals surface area contributed by atoms with E-state index in [1.807, 2.05) is 4.90 Å². The number of hydrogen-bond donors (Lipinski definition) is 1. The molecule has 0 saturated carbocycles. The van der Waals surface area contributed by atoms with Gasteiger partial charge in [-0.2, -0.15) is 0 Å².